The summed E-state index contributed by atoms with van der Waals surface area (Å²) < 4.78 is 18.3. The number of unbranched alkanes of at least 4 members (excludes halogenated alkanes) is 1. The van der Waals surface area contributed by atoms with E-state index < -0.39 is 0 Å². The first-order chi connectivity index (χ1) is 6.81. The molecule has 0 N–H and O–H groups in total. The quantitative estimate of drug-likeness (QED) is 0.718. The van der Waals surface area contributed by atoms with Gasteiger partial charge in [-0.2, -0.15) is 0 Å². The molecule has 1 aromatic heterocycles. The molecule has 0 bridgehead atoms. The van der Waals surface area contributed by atoms with Crippen molar-refractivity contribution in [2.24, 2.45) is 0 Å². The van der Waals surface area contributed by atoms with Gasteiger partial charge < -0.3 is 4.42 Å². The number of furan rings is 1. The summed E-state index contributed by atoms with van der Waals surface area (Å²) in [5, 5.41) is 0.915. The molecule has 74 valence electrons. The summed E-state index contributed by atoms with van der Waals surface area (Å²) in [5.41, 5.74) is 1.89. The van der Waals surface area contributed by atoms with Crippen LogP contribution in [0, 0.1) is 5.82 Å². The fraction of sp³-hybridized carbons (Fsp3) is 0.333. The van der Waals surface area contributed by atoms with Gasteiger partial charge in [0.2, 0.25) is 0 Å². The van der Waals surface area contributed by atoms with Crippen molar-refractivity contribution in [3.63, 3.8) is 0 Å². The first-order valence-corrected chi connectivity index (χ1v) is 4.97. The van der Waals surface area contributed by atoms with Crippen LogP contribution >= 0.6 is 0 Å². The normalized spacial score (nSPS) is 11.0. The first-order valence-electron chi connectivity index (χ1n) is 4.97. The van der Waals surface area contributed by atoms with Crippen LogP contribution in [0.25, 0.3) is 11.0 Å². The highest BCUT2D eigenvalue weighted by Crippen LogP contribution is 2.23. The Morgan fingerprint density at radius 1 is 1.36 bits per heavy atom. The zero-order valence-electron chi connectivity index (χ0n) is 8.22. The van der Waals surface area contributed by atoms with Crippen LogP contribution in [-0.2, 0) is 6.42 Å². The summed E-state index contributed by atoms with van der Waals surface area (Å²) in [4.78, 5) is 0. The van der Waals surface area contributed by atoms with Crippen molar-refractivity contribution >= 4 is 11.0 Å². The van der Waals surface area contributed by atoms with Gasteiger partial charge in [-0.1, -0.05) is 13.3 Å². The van der Waals surface area contributed by atoms with Gasteiger partial charge in [0.05, 0.1) is 6.26 Å². The minimum atomic E-state index is -0.198. The fourth-order valence-electron chi connectivity index (χ4n) is 1.61. The highest BCUT2D eigenvalue weighted by Gasteiger charge is 2.05. The minimum Gasteiger partial charge on any atom is -0.464 e. The van der Waals surface area contributed by atoms with E-state index in [0.29, 0.717) is 0 Å². The smallest absolute Gasteiger partial charge is 0.134 e. The van der Waals surface area contributed by atoms with Crippen LogP contribution in [0.1, 0.15) is 25.3 Å². The second kappa shape index (κ2) is 3.82. The predicted molar refractivity (Wildman–Crippen MR) is 54.8 cm³/mol. The van der Waals surface area contributed by atoms with Gasteiger partial charge in [-0.3, -0.25) is 0 Å². The lowest BCUT2D eigenvalue weighted by atomic mass is 10.1. The number of hydrogen-bond acceptors (Lipinski definition) is 1. The van der Waals surface area contributed by atoms with Crippen molar-refractivity contribution in [1.82, 2.24) is 0 Å². The summed E-state index contributed by atoms with van der Waals surface area (Å²) >= 11 is 0. The summed E-state index contributed by atoms with van der Waals surface area (Å²) in [6, 6.07) is 4.65. The lowest BCUT2D eigenvalue weighted by Gasteiger charge is -1.95. The summed E-state index contributed by atoms with van der Waals surface area (Å²) in [6.45, 7) is 2.14. The van der Waals surface area contributed by atoms with Crippen molar-refractivity contribution in [3.05, 3.63) is 35.8 Å². The van der Waals surface area contributed by atoms with Gasteiger partial charge >= 0.3 is 0 Å². The van der Waals surface area contributed by atoms with E-state index in [1.807, 2.05) is 0 Å². The molecule has 1 aromatic carbocycles. The third kappa shape index (κ3) is 1.65. The molecule has 0 amide bonds. The Hall–Kier alpha value is -1.31. The third-order valence-electron chi connectivity index (χ3n) is 2.42. The van der Waals surface area contributed by atoms with Gasteiger partial charge in [0, 0.05) is 5.39 Å². The molecule has 1 nitrogen and oxygen atoms in total. The highest BCUT2D eigenvalue weighted by molar-refractivity contribution is 5.80. The van der Waals surface area contributed by atoms with E-state index in [0.717, 1.165) is 35.8 Å². The molecule has 0 saturated heterocycles. The average molecular weight is 192 g/mol. The first kappa shape index (κ1) is 9.25. The zero-order chi connectivity index (χ0) is 9.97. The monoisotopic (exact) mass is 192 g/mol. The Kier molecular flexibility index (Phi) is 2.53. The Balaban J connectivity index is 2.40. The summed E-state index contributed by atoms with van der Waals surface area (Å²) in [5.74, 6) is -0.198. The largest absolute Gasteiger partial charge is 0.464 e. The van der Waals surface area contributed by atoms with Crippen molar-refractivity contribution in [1.29, 1.82) is 0 Å². The zero-order valence-corrected chi connectivity index (χ0v) is 8.22. The van der Waals surface area contributed by atoms with E-state index in [2.05, 4.69) is 6.92 Å². The molecule has 2 rings (SSSR count). The van der Waals surface area contributed by atoms with Crippen LogP contribution in [-0.4, -0.2) is 0 Å². The van der Waals surface area contributed by atoms with Crippen molar-refractivity contribution in [2.45, 2.75) is 26.2 Å². The third-order valence-corrected chi connectivity index (χ3v) is 2.42. The average Bonchev–Trinajstić information content (AvgIpc) is 2.57. The van der Waals surface area contributed by atoms with Gasteiger partial charge in [-0.25, -0.2) is 4.39 Å². The molecule has 0 saturated carbocycles. The van der Waals surface area contributed by atoms with E-state index >= 15 is 0 Å². The number of halogens is 1. The van der Waals surface area contributed by atoms with Gasteiger partial charge in [-0.05, 0) is 36.6 Å². The number of hydrogen-bond donors (Lipinski definition) is 0. The molecular formula is C12H13FO. The maximum absolute atomic E-state index is 13.0. The van der Waals surface area contributed by atoms with Crippen LogP contribution in [0.5, 0.6) is 0 Å². The number of aryl methyl sites for hydroxylation is 1. The maximum atomic E-state index is 13.0. The molecule has 0 fully saturated rings. The fourth-order valence-corrected chi connectivity index (χ4v) is 1.61. The van der Waals surface area contributed by atoms with Crippen molar-refractivity contribution < 1.29 is 8.81 Å². The Bertz CT molecular complexity index is 431. The molecule has 0 aliphatic rings. The van der Waals surface area contributed by atoms with Crippen LogP contribution < -0.4 is 0 Å². The molecule has 14 heavy (non-hydrogen) atoms. The molecule has 0 atom stereocenters. The molecule has 0 aliphatic heterocycles. The topological polar surface area (TPSA) is 13.1 Å². The molecule has 0 unspecified atom stereocenters. The molecule has 0 radical (unpaired) electrons. The molecule has 2 heteroatoms. The van der Waals surface area contributed by atoms with Crippen LogP contribution in [0.4, 0.5) is 4.39 Å². The van der Waals surface area contributed by atoms with E-state index in [1.54, 1.807) is 18.4 Å². The van der Waals surface area contributed by atoms with E-state index in [1.165, 1.54) is 6.07 Å². The van der Waals surface area contributed by atoms with Gasteiger partial charge in [0.15, 0.2) is 0 Å². The van der Waals surface area contributed by atoms with Crippen LogP contribution in [0.2, 0.25) is 0 Å². The Labute approximate surface area is 82.5 Å². The van der Waals surface area contributed by atoms with E-state index in [-0.39, 0.29) is 5.82 Å². The number of benzene rings is 1. The molecule has 0 spiro atoms. The standard InChI is InChI=1S/C12H13FO/c1-2-3-4-9-8-14-12-6-5-10(13)7-11(9)12/h5-8H,2-4H2,1H3. The SMILES string of the molecule is CCCCc1coc2ccc(F)cc12. The van der Waals surface area contributed by atoms with Crippen molar-refractivity contribution in [3.8, 4) is 0 Å². The van der Waals surface area contributed by atoms with E-state index in [4.69, 9.17) is 4.42 Å². The number of rotatable bonds is 3. The maximum Gasteiger partial charge on any atom is 0.134 e. The van der Waals surface area contributed by atoms with Crippen molar-refractivity contribution in [2.75, 3.05) is 0 Å². The van der Waals surface area contributed by atoms with Gasteiger partial charge in [0.25, 0.3) is 0 Å². The molecular weight excluding hydrogens is 179 g/mol. The predicted octanol–water partition coefficient (Wildman–Crippen LogP) is 3.91. The lowest BCUT2D eigenvalue weighted by Crippen LogP contribution is -1.82. The van der Waals surface area contributed by atoms with Gasteiger partial charge in [-0.15, -0.1) is 0 Å². The second-order valence-electron chi connectivity index (χ2n) is 3.50. The summed E-state index contributed by atoms with van der Waals surface area (Å²) in [7, 11) is 0. The van der Waals surface area contributed by atoms with Crippen LogP contribution in [0.3, 0.4) is 0 Å². The minimum absolute atomic E-state index is 0.198. The highest BCUT2D eigenvalue weighted by atomic mass is 19.1. The Morgan fingerprint density at radius 2 is 2.21 bits per heavy atom. The van der Waals surface area contributed by atoms with Crippen LogP contribution in [0.15, 0.2) is 28.9 Å². The van der Waals surface area contributed by atoms with E-state index in [9.17, 15) is 4.39 Å². The molecule has 2 aromatic rings. The second-order valence-corrected chi connectivity index (χ2v) is 3.50. The van der Waals surface area contributed by atoms with Gasteiger partial charge in [0.1, 0.15) is 11.4 Å². The number of fused-ring (bicyclic) bond motifs is 1. The summed E-state index contributed by atoms with van der Waals surface area (Å²) in [6.07, 6.45) is 4.96. The molecule has 1 heterocycles. The molecule has 0 aliphatic carbocycles. The Morgan fingerprint density at radius 3 is 3.00 bits per heavy atom. The lowest BCUT2D eigenvalue weighted by molar-refractivity contribution is 0.604.